The Labute approximate surface area is 149 Å². The smallest absolute Gasteiger partial charge is 0.223 e. The van der Waals surface area contributed by atoms with Crippen molar-refractivity contribution >= 4 is 11.8 Å². The zero-order valence-electron chi connectivity index (χ0n) is 14.7. The molecule has 0 saturated heterocycles. The van der Waals surface area contributed by atoms with Crippen molar-refractivity contribution in [2.24, 2.45) is 5.92 Å². The van der Waals surface area contributed by atoms with Crippen LogP contribution >= 0.6 is 0 Å². The first-order chi connectivity index (χ1) is 12.2. The maximum absolute atomic E-state index is 12.2. The lowest BCUT2D eigenvalue weighted by Gasteiger charge is -2.32. The summed E-state index contributed by atoms with van der Waals surface area (Å²) in [5.74, 6) is 1.28. The molecule has 2 fully saturated rings. The zero-order chi connectivity index (χ0) is 17.5. The number of benzene rings is 1. The van der Waals surface area contributed by atoms with Crippen LogP contribution in [0.1, 0.15) is 51.4 Å². The fraction of sp³-hybridized carbons (Fsp3) is 0.600. The van der Waals surface area contributed by atoms with E-state index < -0.39 is 0 Å². The van der Waals surface area contributed by atoms with Gasteiger partial charge in [-0.15, -0.1) is 0 Å². The largest absolute Gasteiger partial charge is 0.488 e. The molecule has 5 nitrogen and oxygen atoms in total. The number of nitrogens with one attached hydrogen (secondary N) is 2. The summed E-state index contributed by atoms with van der Waals surface area (Å²) in [6.07, 6.45) is 7.37. The van der Waals surface area contributed by atoms with Crippen molar-refractivity contribution in [3.05, 3.63) is 30.3 Å². The van der Waals surface area contributed by atoms with E-state index in [0.29, 0.717) is 19.4 Å². The van der Waals surface area contributed by atoms with Crippen LogP contribution in [0.4, 0.5) is 0 Å². The number of para-hydroxylation sites is 1. The van der Waals surface area contributed by atoms with E-state index in [9.17, 15) is 9.59 Å². The molecule has 0 spiro atoms. The monoisotopic (exact) mass is 344 g/mol. The molecular formula is C20H28N2O3. The molecule has 2 atom stereocenters. The lowest BCUT2D eigenvalue weighted by atomic mass is 9.92. The topological polar surface area (TPSA) is 67.4 Å². The molecule has 3 rings (SSSR count). The van der Waals surface area contributed by atoms with Crippen LogP contribution in [-0.4, -0.2) is 30.5 Å². The average molecular weight is 344 g/mol. The van der Waals surface area contributed by atoms with E-state index in [0.717, 1.165) is 44.3 Å². The third-order valence-corrected chi connectivity index (χ3v) is 4.91. The van der Waals surface area contributed by atoms with Crippen molar-refractivity contribution < 1.29 is 14.3 Å². The quantitative estimate of drug-likeness (QED) is 0.713. The molecule has 0 heterocycles. The van der Waals surface area contributed by atoms with Gasteiger partial charge in [-0.1, -0.05) is 24.6 Å². The summed E-state index contributed by atoms with van der Waals surface area (Å²) in [6, 6.07) is 9.87. The van der Waals surface area contributed by atoms with Gasteiger partial charge in [0.2, 0.25) is 11.8 Å². The Morgan fingerprint density at radius 2 is 1.80 bits per heavy atom. The molecule has 2 amide bonds. The molecule has 5 heteroatoms. The minimum absolute atomic E-state index is 0.0367. The van der Waals surface area contributed by atoms with Crippen LogP contribution in [0.25, 0.3) is 0 Å². The van der Waals surface area contributed by atoms with Crippen molar-refractivity contribution in [3.63, 3.8) is 0 Å². The Kier molecular flexibility index (Phi) is 6.31. The molecule has 25 heavy (non-hydrogen) atoms. The number of hydrogen-bond donors (Lipinski definition) is 2. The second-order valence-corrected chi connectivity index (χ2v) is 7.10. The number of ether oxygens (including phenoxy) is 1. The van der Waals surface area contributed by atoms with Crippen LogP contribution in [-0.2, 0) is 9.59 Å². The molecule has 1 aromatic rings. The molecule has 2 aliphatic carbocycles. The molecule has 0 aromatic heterocycles. The summed E-state index contributed by atoms with van der Waals surface area (Å²) < 4.78 is 6.09. The van der Waals surface area contributed by atoms with Crippen molar-refractivity contribution in [1.82, 2.24) is 10.6 Å². The summed E-state index contributed by atoms with van der Waals surface area (Å²) >= 11 is 0. The highest BCUT2D eigenvalue weighted by Gasteiger charge is 2.29. The fourth-order valence-electron chi connectivity index (χ4n) is 3.31. The van der Waals surface area contributed by atoms with Crippen LogP contribution < -0.4 is 15.4 Å². The molecule has 0 aliphatic heterocycles. The highest BCUT2D eigenvalue weighted by Crippen LogP contribution is 2.28. The van der Waals surface area contributed by atoms with Gasteiger partial charge in [-0.3, -0.25) is 9.59 Å². The van der Waals surface area contributed by atoms with Gasteiger partial charge < -0.3 is 15.4 Å². The number of carbonyl (C=O) groups is 2. The lowest BCUT2D eigenvalue weighted by Crippen LogP contribution is -2.47. The number of rotatable bonds is 8. The molecule has 1 aromatic carbocycles. The predicted octanol–water partition coefficient (Wildman–Crippen LogP) is 2.80. The number of carbonyl (C=O) groups excluding carboxylic acids is 2. The molecule has 2 N–H and O–H groups in total. The normalized spacial score (nSPS) is 22.9. The third-order valence-electron chi connectivity index (χ3n) is 4.91. The van der Waals surface area contributed by atoms with E-state index >= 15 is 0 Å². The molecule has 136 valence electrons. The maximum atomic E-state index is 12.2. The van der Waals surface area contributed by atoms with E-state index in [1.165, 1.54) is 0 Å². The van der Waals surface area contributed by atoms with Gasteiger partial charge in [0, 0.05) is 18.9 Å². The van der Waals surface area contributed by atoms with Gasteiger partial charge in [0.05, 0.1) is 6.04 Å². The summed E-state index contributed by atoms with van der Waals surface area (Å²) in [5.41, 5.74) is 0. The fourth-order valence-corrected chi connectivity index (χ4v) is 3.31. The number of amides is 2. The van der Waals surface area contributed by atoms with Gasteiger partial charge in [0.25, 0.3) is 0 Å². The Hall–Kier alpha value is -2.04. The van der Waals surface area contributed by atoms with Gasteiger partial charge in [0.1, 0.15) is 11.9 Å². The van der Waals surface area contributed by atoms with E-state index in [4.69, 9.17) is 4.74 Å². The van der Waals surface area contributed by atoms with Crippen LogP contribution in [0, 0.1) is 5.92 Å². The Balaban J connectivity index is 1.39. The van der Waals surface area contributed by atoms with Gasteiger partial charge in [-0.2, -0.15) is 0 Å². The van der Waals surface area contributed by atoms with E-state index in [2.05, 4.69) is 10.6 Å². The first kappa shape index (κ1) is 17.8. The van der Waals surface area contributed by atoms with E-state index in [1.807, 2.05) is 30.3 Å². The van der Waals surface area contributed by atoms with Crippen LogP contribution in [0.15, 0.2) is 30.3 Å². The highest BCUT2D eigenvalue weighted by molar-refractivity contribution is 5.81. The minimum atomic E-state index is 0.0367. The second-order valence-electron chi connectivity index (χ2n) is 7.10. The van der Waals surface area contributed by atoms with Gasteiger partial charge in [0.15, 0.2) is 0 Å². The van der Waals surface area contributed by atoms with Crippen molar-refractivity contribution in [3.8, 4) is 5.75 Å². The zero-order valence-corrected chi connectivity index (χ0v) is 14.7. The van der Waals surface area contributed by atoms with Crippen molar-refractivity contribution in [1.29, 1.82) is 0 Å². The predicted molar refractivity (Wildman–Crippen MR) is 96.2 cm³/mol. The minimum Gasteiger partial charge on any atom is -0.488 e. The first-order valence-corrected chi connectivity index (χ1v) is 9.51. The van der Waals surface area contributed by atoms with Crippen LogP contribution in [0.2, 0.25) is 0 Å². The molecule has 0 radical (unpaired) electrons. The Morgan fingerprint density at radius 3 is 2.56 bits per heavy atom. The average Bonchev–Trinajstić information content (AvgIpc) is 3.46. The molecule has 2 saturated carbocycles. The lowest BCUT2D eigenvalue weighted by molar-refractivity contribution is -0.124. The number of hydrogen-bond acceptors (Lipinski definition) is 3. The van der Waals surface area contributed by atoms with Crippen molar-refractivity contribution in [2.45, 2.75) is 63.5 Å². The van der Waals surface area contributed by atoms with Crippen LogP contribution in [0.5, 0.6) is 5.75 Å². The summed E-state index contributed by atoms with van der Waals surface area (Å²) in [4.78, 5) is 23.8. The Bertz CT molecular complexity index is 572. The Morgan fingerprint density at radius 1 is 1.04 bits per heavy atom. The maximum Gasteiger partial charge on any atom is 0.223 e. The van der Waals surface area contributed by atoms with Gasteiger partial charge >= 0.3 is 0 Å². The van der Waals surface area contributed by atoms with Crippen molar-refractivity contribution in [2.75, 3.05) is 6.54 Å². The highest BCUT2D eigenvalue weighted by atomic mass is 16.5. The van der Waals surface area contributed by atoms with Crippen LogP contribution in [0.3, 0.4) is 0 Å². The van der Waals surface area contributed by atoms with Gasteiger partial charge in [-0.25, -0.2) is 0 Å². The summed E-state index contributed by atoms with van der Waals surface area (Å²) in [5, 5.41) is 6.04. The molecule has 0 bridgehead atoms. The van der Waals surface area contributed by atoms with E-state index in [1.54, 1.807) is 0 Å². The summed E-state index contributed by atoms with van der Waals surface area (Å²) in [7, 11) is 0. The standard InChI is InChI=1S/C20H28N2O3/c23-19(11-6-14-21-20(24)15-12-13-15)22-17-9-4-5-10-18(17)25-16-7-2-1-3-8-16/h1-3,7-8,15,17-18H,4-6,9-14H2,(H,21,24)(H,22,23)/t17-,18-/m1/s1. The SMILES string of the molecule is O=C(CCCNC(=O)C1CC1)N[C@@H]1CCCC[C@H]1Oc1ccccc1. The van der Waals surface area contributed by atoms with E-state index in [-0.39, 0.29) is 29.9 Å². The molecule has 0 unspecified atom stereocenters. The third kappa shape index (κ3) is 5.76. The first-order valence-electron chi connectivity index (χ1n) is 9.51. The molecule has 2 aliphatic rings. The molecular weight excluding hydrogens is 316 g/mol. The van der Waals surface area contributed by atoms with Gasteiger partial charge in [-0.05, 0) is 50.7 Å². The second kappa shape index (κ2) is 8.88. The summed E-state index contributed by atoms with van der Waals surface area (Å²) in [6.45, 7) is 0.581.